The first-order valence-electron chi connectivity index (χ1n) is 6.67. The molecule has 1 unspecified atom stereocenters. The number of hydrogen-bond donors (Lipinski definition) is 1. The lowest BCUT2D eigenvalue weighted by atomic mass is 10.2. The monoisotopic (exact) mass is 349 g/mol. The number of rotatable bonds is 6. The first kappa shape index (κ1) is 15.7. The predicted octanol–water partition coefficient (Wildman–Crippen LogP) is 3.22. The minimum atomic E-state index is -2.56. The van der Waals surface area contributed by atoms with Crippen molar-refractivity contribution >= 4 is 15.9 Å². The summed E-state index contributed by atoms with van der Waals surface area (Å²) in [5.74, 6) is 0.232. The van der Waals surface area contributed by atoms with Crippen LogP contribution in [0.2, 0.25) is 0 Å². The van der Waals surface area contributed by atoms with Crippen LogP contribution >= 0.6 is 15.9 Å². The number of halogens is 3. The van der Waals surface area contributed by atoms with Crippen molar-refractivity contribution < 1.29 is 18.6 Å². The molecule has 0 amide bonds. The van der Waals surface area contributed by atoms with Gasteiger partial charge in [-0.25, -0.2) is 8.78 Å². The fourth-order valence-electron chi connectivity index (χ4n) is 2.34. The fraction of sp³-hybridized carbons (Fsp3) is 0.571. The molecule has 20 heavy (non-hydrogen) atoms. The molecule has 0 aliphatic carbocycles. The zero-order valence-electron chi connectivity index (χ0n) is 11.1. The molecule has 1 aliphatic rings. The molecule has 1 N–H and O–H groups in total. The Kier molecular flexibility index (Phi) is 5.74. The lowest BCUT2D eigenvalue weighted by Gasteiger charge is -2.16. The van der Waals surface area contributed by atoms with E-state index in [4.69, 9.17) is 4.74 Å². The number of ether oxygens (including phenoxy) is 1. The molecule has 112 valence electrons. The van der Waals surface area contributed by atoms with Crippen LogP contribution < -0.4 is 4.74 Å². The van der Waals surface area contributed by atoms with Crippen LogP contribution in [0, 0.1) is 0 Å². The highest BCUT2D eigenvalue weighted by molar-refractivity contribution is 9.10. The first-order chi connectivity index (χ1) is 9.58. The van der Waals surface area contributed by atoms with Crippen LogP contribution in [0.3, 0.4) is 0 Å². The molecule has 1 aliphatic heterocycles. The molecule has 0 aromatic heterocycles. The summed E-state index contributed by atoms with van der Waals surface area (Å²) in [7, 11) is 0. The van der Waals surface area contributed by atoms with Gasteiger partial charge in [0.1, 0.15) is 5.75 Å². The molecule has 3 nitrogen and oxygen atoms in total. The van der Waals surface area contributed by atoms with Crippen LogP contribution in [0.1, 0.15) is 24.8 Å². The molecule has 1 heterocycles. The highest BCUT2D eigenvalue weighted by atomic mass is 79.9. The minimum absolute atomic E-state index is 0.0934. The number of hydrogen-bond acceptors (Lipinski definition) is 3. The van der Waals surface area contributed by atoms with E-state index in [1.54, 1.807) is 18.2 Å². The molecule has 2 rings (SSSR count). The average molecular weight is 350 g/mol. The smallest absolute Gasteiger partial charge is 0.268 e. The van der Waals surface area contributed by atoms with Crippen molar-refractivity contribution in [3.8, 4) is 5.75 Å². The van der Waals surface area contributed by atoms with E-state index in [1.165, 1.54) is 0 Å². The number of likely N-dealkylation sites (tertiary alicyclic amines) is 1. The largest absolute Gasteiger partial charge is 0.493 e. The third-order valence-electron chi connectivity index (χ3n) is 3.35. The number of β-amino-alcohol motifs (C(OH)–C–C–N with tert-alkyl or cyclic N) is 1. The van der Waals surface area contributed by atoms with Crippen molar-refractivity contribution in [3.63, 3.8) is 0 Å². The van der Waals surface area contributed by atoms with Gasteiger partial charge >= 0.3 is 0 Å². The van der Waals surface area contributed by atoms with Crippen LogP contribution in [0.15, 0.2) is 22.7 Å². The fourth-order valence-corrected chi connectivity index (χ4v) is 2.86. The predicted molar refractivity (Wildman–Crippen MR) is 76.3 cm³/mol. The SMILES string of the molecule is OC1CCN(CCCOc2cccc(Br)c2C(F)F)C1. The molecular formula is C14H18BrF2NO2. The molecule has 0 bridgehead atoms. The third-order valence-corrected chi connectivity index (χ3v) is 4.05. The van der Waals surface area contributed by atoms with Gasteiger partial charge in [0.15, 0.2) is 0 Å². The maximum Gasteiger partial charge on any atom is 0.268 e. The molecule has 1 atom stereocenters. The van der Waals surface area contributed by atoms with E-state index in [-0.39, 0.29) is 17.4 Å². The lowest BCUT2D eigenvalue weighted by molar-refractivity contribution is 0.143. The van der Waals surface area contributed by atoms with E-state index < -0.39 is 6.43 Å². The van der Waals surface area contributed by atoms with Gasteiger partial charge in [-0.3, -0.25) is 0 Å². The Labute approximate surface area is 125 Å². The van der Waals surface area contributed by atoms with E-state index in [1.807, 2.05) is 0 Å². The van der Waals surface area contributed by atoms with E-state index >= 15 is 0 Å². The number of aliphatic hydroxyl groups is 1. The summed E-state index contributed by atoms with van der Waals surface area (Å²) in [6.07, 6.45) is -1.23. The van der Waals surface area contributed by atoms with Gasteiger partial charge in [-0.15, -0.1) is 0 Å². The summed E-state index contributed by atoms with van der Waals surface area (Å²) in [6, 6.07) is 4.83. The van der Waals surface area contributed by atoms with E-state index in [9.17, 15) is 13.9 Å². The van der Waals surface area contributed by atoms with Crippen LogP contribution in [0.4, 0.5) is 8.78 Å². The van der Waals surface area contributed by atoms with Crippen LogP contribution in [-0.4, -0.2) is 42.4 Å². The number of alkyl halides is 2. The summed E-state index contributed by atoms with van der Waals surface area (Å²) in [5.41, 5.74) is -0.0934. The molecule has 0 spiro atoms. The maximum absolute atomic E-state index is 12.9. The summed E-state index contributed by atoms with van der Waals surface area (Å²) in [5, 5.41) is 9.40. The van der Waals surface area contributed by atoms with Crippen molar-refractivity contribution in [3.05, 3.63) is 28.2 Å². The molecule has 1 fully saturated rings. The summed E-state index contributed by atoms with van der Waals surface area (Å²) < 4.78 is 31.7. The van der Waals surface area contributed by atoms with Gasteiger partial charge in [-0.05, 0) is 25.0 Å². The van der Waals surface area contributed by atoms with Crippen molar-refractivity contribution in [2.24, 2.45) is 0 Å². The zero-order chi connectivity index (χ0) is 14.5. The molecule has 6 heteroatoms. The highest BCUT2D eigenvalue weighted by Crippen LogP contribution is 2.35. The zero-order valence-corrected chi connectivity index (χ0v) is 12.7. The third kappa shape index (κ3) is 4.14. The second-order valence-corrected chi connectivity index (χ2v) is 5.75. The van der Waals surface area contributed by atoms with Crippen LogP contribution in [0.5, 0.6) is 5.75 Å². The molecule has 1 aromatic rings. The van der Waals surface area contributed by atoms with E-state index in [0.29, 0.717) is 17.6 Å². The number of aliphatic hydroxyl groups excluding tert-OH is 1. The van der Waals surface area contributed by atoms with Crippen LogP contribution in [0.25, 0.3) is 0 Å². The van der Waals surface area contributed by atoms with Crippen molar-refractivity contribution in [1.82, 2.24) is 4.90 Å². The van der Waals surface area contributed by atoms with Gasteiger partial charge in [-0.2, -0.15) is 0 Å². The Bertz CT molecular complexity index is 445. The molecular weight excluding hydrogens is 332 g/mol. The lowest BCUT2D eigenvalue weighted by Crippen LogP contribution is -2.24. The van der Waals surface area contributed by atoms with E-state index in [0.717, 1.165) is 25.9 Å². The average Bonchev–Trinajstić information content (AvgIpc) is 2.80. The summed E-state index contributed by atoms with van der Waals surface area (Å²) >= 11 is 3.12. The number of nitrogens with zero attached hydrogens (tertiary/aromatic N) is 1. The second kappa shape index (κ2) is 7.33. The standard InChI is InChI=1S/C14H18BrF2NO2/c15-11-3-1-4-12(13(11)14(16)17)20-8-2-6-18-7-5-10(19)9-18/h1,3-4,10,14,19H,2,5-9H2. The topological polar surface area (TPSA) is 32.7 Å². The maximum atomic E-state index is 12.9. The quantitative estimate of drug-likeness (QED) is 0.800. The van der Waals surface area contributed by atoms with Gasteiger partial charge in [0.2, 0.25) is 0 Å². The molecule has 1 aromatic carbocycles. The highest BCUT2D eigenvalue weighted by Gasteiger charge is 2.20. The summed E-state index contributed by atoms with van der Waals surface area (Å²) in [4.78, 5) is 2.16. The van der Waals surface area contributed by atoms with E-state index in [2.05, 4.69) is 20.8 Å². The Morgan fingerprint density at radius 1 is 1.45 bits per heavy atom. The van der Waals surface area contributed by atoms with Gasteiger partial charge in [-0.1, -0.05) is 22.0 Å². The van der Waals surface area contributed by atoms with Crippen molar-refractivity contribution in [2.75, 3.05) is 26.2 Å². The Morgan fingerprint density at radius 3 is 2.90 bits per heavy atom. The Balaban J connectivity index is 1.81. The van der Waals surface area contributed by atoms with Crippen molar-refractivity contribution in [1.29, 1.82) is 0 Å². The Morgan fingerprint density at radius 2 is 2.25 bits per heavy atom. The van der Waals surface area contributed by atoms with Gasteiger partial charge in [0.25, 0.3) is 6.43 Å². The van der Waals surface area contributed by atoms with Crippen molar-refractivity contribution in [2.45, 2.75) is 25.4 Å². The summed E-state index contributed by atoms with van der Waals surface area (Å²) in [6.45, 7) is 2.79. The van der Waals surface area contributed by atoms with Gasteiger partial charge < -0.3 is 14.7 Å². The molecule has 0 saturated carbocycles. The second-order valence-electron chi connectivity index (χ2n) is 4.90. The van der Waals surface area contributed by atoms with Gasteiger partial charge in [0, 0.05) is 24.1 Å². The number of benzene rings is 1. The van der Waals surface area contributed by atoms with Crippen LogP contribution in [-0.2, 0) is 0 Å². The Hall–Kier alpha value is -0.720. The van der Waals surface area contributed by atoms with Gasteiger partial charge in [0.05, 0.1) is 18.3 Å². The molecule has 0 radical (unpaired) electrons. The first-order valence-corrected chi connectivity index (χ1v) is 7.47. The normalized spacial score (nSPS) is 19.8. The molecule has 1 saturated heterocycles. The minimum Gasteiger partial charge on any atom is -0.493 e.